The molecule has 10 heteroatoms. The summed E-state index contributed by atoms with van der Waals surface area (Å²) in [6.45, 7) is 4.57. The maximum atomic E-state index is 13.5. The Labute approximate surface area is 209 Å². The molecule has 0 fully saturated rings. The number of amides is 1. The number of rotatable bonds is 8. The number of benzene rings is 1. The summed E-state index contributed by atoms with van der Waals surface area (Å²) in [5, 5.41) is 7.65. The first kappa shape index (κ1) is 25.2. The van der Waals surface area contributed by atoms with E-state index in [1.807, 2.05) is 30.3 Å². The molecule has 3 aromatic rings. The highest BCUT2D eigenvalue weighted by Crippen LogP contribution is 2.25. The van der Waals surface area contributed by atoms with E-state index in [9.17, 15) is 9.59 Å². The van der Waals surface area contributed by atoms with Crippen LogP contribution in [0.2, 0.25) is 0 Å². The smallest absolute Gasteiger partial charge is 0.259 e. The number of fused-ring (bicyclic) bond motifs is 1. The van der Waals surface area contributed by atoms with Gasteiger partial charge >= 0.3 is 0 Å². The summed E-state index contributed by atoms with van der Waals surface area (Å²) in [6, 6.07) is 9.24. The highest BCUT2D eigenvalue weighted by Gasteiger charge is 2.27. The summed E-state index contributed by atoms with van der Waals surface area (Å²) in [5.74, 6) is 0.852. The summed E-state index contributed by atoms with van der Waals surface area (Å²) in [4.78, 5) is 30.2. The van der Waals surface area contributed by atoms with E-state index in [1.54, 1.807) is 25.6 Å². The standard InChI is InChI=1S/C26H31N5O5/c1-18-20(28-36-27-18)17-29(2)26(33)25-21-11-13-30(14-15-31(21)24(32)16-23(25)35-4)12-7-9-19-8-5-6-10-22(19)34-3/h5-10,16H,11-15,17H2,1-4H3. The minimum absolute atomic E-state index is 0.177. The Morgan fingerprint density at radius 1 is 1.14 bits per heavy atom. The summed E-state index contributed by atoms with van der Waals surface area (Å²) < 4.78 is 17.3. The zero-order valence-electron chi connectivity index (χ0n) is 21.1. The van der Waals surface area contributed by atoms with Crippen LogP contribution in [0.3, 0.4) is 0 Å². The lowest BCUT2D eigenvalue weighted by molar-refractivity contribution is 0.0776. The molecule has 3 heterocycles. The molecule has 0 bridgehead atoms. The first-order chi connectivity index (χ1) is 17.4. The molecule has 190 valence electrons. The number of aryl methyl sites for hydroxylation is 1. The fourth-order valence-electron chi connectivity index (χ4n) is 4.38. The van der Waals surface area contributed by atoms with Crippen LogP contribution in [-0.2, 0) is 19.5 Å². The largest absolute Gasteiger partial charge is 0.496 e. The molecule has 2 aromatic heterocycles. The quantitative estimate of drug-likeness (QED) is 0.471. The minimum Gasteiger partial charge on any atom is -0.496 e. The molecule has 1 aliphatic heterocycles. The second-order valence-electron chi connectivity index (χ2n) is 8.68. The molecule has 0 saturated heterocycles. The number of nitrogens with zero attached hydrogens (tertiary/aromatic N) is 5. The van der Waals surface area contributed by atoms with Crippen LogP contribution < -0.4 is 15.0 Å². The first-order valence-electron chi connectivity index (χ1n) is 11.8. The number of para-hydroxylation sites is 1. The Morgan fingerprint density at radius 2 is 1.92 bits per heavy atom. The molecule has 0 spiro atoms. The summed E-state index contributed by atoms with van der Waals surface area (Å²) >= 11 is 0. The number of pyridine rings is 1. The summed E-state index contributed by atoms with van der Waals surface area (Å²) in [5.41, 5.74) is 3.12. The van der Waals surface area contributed by atoms with Crippen LogP contribution in [0.15, 0.2) is 45.8 Å². The van der Waals surface area contributed by atoms with Gasteiger partial charge in [0.15, 0.2) is 0 Å². The minimum atomic E-state index is -0.248. The Kier molecular flexibility index (Phi) is 7.84. The Balaban J connectivity index is 1.54. The molecule has 0 atom stereocenters. The van der Waals surface area contributed by atoms with Crippen molar-refractivity contribution in [3.05, 3.63) is 75.0 Å². The zero-order chi connectivity index (χ0) is 25.7. The van der Waals surface area contributed by atoms with Crippen molar-refractivity contribution in [3.63, 3.8) is 0 Å². The van der Waals surface area contributed by atoms with E-state index >= 15 is 0 Å². The summed E-state index contributed by atoms with van der Waals surface area (Å²) in [6.07, 6.45) is 4.66. The van der Waals surface area contributed by atoms with E-state index in [-0.39, 0.29) is 23.8 Å². The van der Waals surface area contributed by atoms with Gasteiger partial charge in [-0.2, -0.15) is 0 Å². The molecule has 1 amide bonds. The predicted octanol–water partition coefficient (Wildman–Crippen LogP) is 2.40. The molecule has 1 aromatic carbocycles. The van der Waals surface area contributed by atoms with Crippen molar-refractivity contribution < 1.29 is 18.9 Å². The first-order valence-corrected chi connectivity index (χ1v) is 11.8. The molecule has 36 heavy (non-hydrogen) atoms. The average Bonchev–Trinajstić information content (AvgIpc) is 3.16. The normalized spacial score (nSPS) is 13.9. The molecule has 0 saturated carbocycles. The SMILES string of the molecule is COc1ccccc1C=CCN1CCc2c(C(=O)N(C)Cc3nonc3C)c(OC)cc(=O)n2CC1. The van der Waals surface area contributed by atoms with Crippen molar-refractivity contribution in [2.75, 3.05) is 40.9 Å². The van der Waals surface area contributed by atoms with E-state index in [0.717, 1.165) is 11.3 Å². The van der Waals surface area contributed by atoms with Crippen molar-refractivity contribution in [1.82, 2.24) is 24.7 Å². The second kappa shape index (κ2) is 11.2. The van der Waals surface area contributed by atoms with Gasteiger partial charge in [-0.3, -0.25) is 14.5 Å². The van der Waals surface area contributed by atoms with Gasteiger partial charge < -0.3 is 18.9 Å². The molecule has 0 unspecified atom stereocenters. The topological polar surface area (TPSA) is 103 Å². The molecule has 1 aliphatic rings. The third-order valence-corrected chi connectivity index (χ3v) is 6.40. The number of hydrogen-bond acceptors (Lipinski definition) is 8. The van der Waals surface area contributed by atoms with Crippen molar-refractivity contribution in [2.45, 2.75) is 26.4 Å². The van der Waals surface area contributed by atoms with E-state index in [4.69, 9.17) is 14.1 Å². The molecular formula is C26H31N5O5. The number of hydrogen-bond donors (Lipinski definition) is 0. The number of aromatic nitrogens is 3. The molecule has 4 rings (SSSR count). The van der Waals surface area contributed by atoms with E-state index in [1.165, 1.54) is 18.1 Å². The zero-order valence-corrected chi connectivity index (χ0v) is 21.1. The average molecular weight is 494 g/mol. The third-order valence-electron chi connectivity index (χ3n) is 6.40. The molecule has 10 nitrogen and oxygen atoms in total. The Morgan fingerprint density at radius 3 is 2.64 bits per heavy atom. The van der Waals surface area contributed by atoms with Crippen LogP contribution in [0, 0.1) is 6.92 Å². The third kappa shape index (κ3) is 5.33. The number of carbonyl (C=O) groups excluding carboxylic acids is 1. The lowest BCUT2D eigenvalue weighted by Crippen LogP contribution is -2.32. The van der Waals surface area contributed by atoms with Gasteiger partial charge in [0.2, 0.25) is 0 Å². The number of methoxy groups -OCH3 is 2. The maximum Gasteiger partial charge on any atom is 0.259 e. The van der Waals surface area contributed by atoms with Gasteiger partial charge in [0.1, 0.15) is 28.5 Å². The van der Waals surface area contributed by atoms with Gasteiger partial charge in [0, 0.05) is 57.0 Å². The van der Waals surface area contributed by atoms with Gasteiger partial charge in [-0.25, -0.2) is 4.63 Å². The van der Waals surface area contributed by atoms with Gasteiger partial charge in [0.25, 0.3) is 11.5 Å². The van der Waals surface area contributed by atoms with E-state index in [0.29, 0.717) is 55.2 Å². The Bertz CT molecular complexity index is 1310. The predicted molar refractivity (Wildman–Crippen MR) is 134 cm³/mol. The monoisotopic (exact) mass is 493 g/mol. The van der Waals surface area contributed by atoms with Crippen molar-refractivity contribution in [1.29, 1.82) is 0 Å². The number of carbonyl (C=O) groups is 1. The van der Waals surface area contributed by atoms with Crippen LogP contribution in [0.4, 0.5) is 0 Å². The van der Waals surface area contributed by atoms with E-state index in [2.05, 4.69) is 21.3 Å². The number of ether oxygens (including phenoxy) is 2. The van der Waals surface area contributed by atoms with Crippen LogP contribution in [0.1, 0.15) is 33.0 Å². The molecule has 0 N–H and O–H groups in total. The van der Waals surface area contributed by atoms with Crippen molar-refractivity contribution in [2.24, 2.45) is 0 Å². The van der Waals surface area contributed by atoms with E-state index < -0.39 is 0 Å². The van der Waals surface area contributed by atoms with Crippen LogP contribution in [-0.4, -0.2) is 71.5 Å². The fraction of sp³-hybridized carbons (Fsp3) is 0.385. The van der Waals surface area contributed by atoms with Gasteiger partial charge in [0.05, 0.1) is 20.8 Å². The van der Waals surface area contributed by atoms with Crippen LogP contribution >= 0.6 is 0 Å². The highest BCUT2D eigenvalue weighted by atomic mass is 16.6. The van der Waals surface area contributed by atoms with Gasteiger partial charge in [-0.05, 0) is 13.0 Å². The second-order valence-corrected chi connectivity index (χ2v) is 8.68. The molecule has 0 radical (unpaired) electrons. The fourth-order valence-corrected chi connectivity index (χ4v) is 4.38. The maximum absolute atomic E-state index is 13.5. The molecular weight excluding hydrogens is 462 g/mol. The molecule has 0 aliphatic carbocycles. The van der Waals surface area contributed by atoms with Crippen molar-refractivity contribution in [3.8, 4) is 11.5 Å². The highest BCUT2D eigenvalue weighted by molar-refractivity contribution is 5.98. The van der Waals surface area contributed by atoms with Crippen LogP contribution in [0.25, 0.3) is 6.08 Å². The van der Waals surface area contributed by atoms with Gasteiger partial charge in [-0.1, -0.05) is 40.7 Å². The lowest BCUT2D eigenvalue weighted by Gasteiger charge is -2.21. The van der Waals surface area contributed by atoms with Crippen LogP contribution in [0.5, 0.6) is 11.5 Å². The summed E-state index contributed by atoms with van der Waals surface area (Å²) in [7, 11) is 4.81. The Hall–Kier alpha value is -3.92. The lowest BCUT2D eigenvalue weighted by atomic mass is 10.1. The van der Waals surface area contributed by atoms with Gasteiger partial charge in [-0.15, -0.1) is 0 Å². The van der Waals surface area contributed by atoms with Crippen molar-refractivity contribution >= 4 is 12.0 Å².